The number of methoxy groups -OCH3 is 1. The molecule has 0 aliphatic heterocycles. The number of rotatable bonds is 2. The highest BCUT2D eigenvalue weighted by Crippen LogP contribution is 2.27. The molecule has 4 heteroatoms. The van der Waals surface area contributed by atoms with E-state index in [9.17, 15) is 0 Å². The zero-order valence-corrected chi connectivity index (χ0v) is 11.6. The Labute approximate surface area is 122 Å². The van der Waals surface area contributed by atoms with Crippen molar-refractivity contribution in [3.8, 4) is 23.4 Å². The number of hydrogen-bond acceptors (Lipinski definition) is 3. The minimum atomic E-state index is 0.711. The molecular weight excluding hydrogens is 262 g/mol. The normalized spacial score (nSPS) is 10.1. The number of nitrogens with zero attached hydrogens (tertiary/aromatic N) is 1. The minimum absolute atomic E-state index is 0.711. The van der Waals surface area contributed by atoms with Gasteiger partial charge in [-0.3, -0.25) is 0 Å². The van der Waals surface area contributed by atoms with Crippen molar-refractivity contribution in [1.29, 1.82) is 0 Å². The number of nitrogens with two attached hydrogens (primary N) is 2. The van der Waals surface area contributed by atoms with E-state index in [2.05, 4.69) is 12.0 Å². The van der Waals surface area contributed by atoms with Crippen LogP contribution in [0.2, 0.25) is 0 Å². The van der Waals surface area contributed by atoms with E-state index >= 15 is 0 Å². The SMILES string of the molecule is COc1ccc(-n2cc(C#CN)c3ccc(N)cc32)cc1. The first-order chi connectivity index (χ1) is 10.2. The Morgan fingerprint density at radius 3 is 2.52 bits per heavy atom. The van der Waals surface area contributed by atoms with Crippen molar-refractivity contribution in [2.24, 2.45) is 5.73 Å². The Hall–Kier alpha value is -3.06. The van der Waals surface area contributed by atoms with Crippen molar-refractivity contribution in [3.05, 3.63) is 54.2 Å². The monoisotopic (exact) mass is 277 g/mol. The van der Waals surface area contributed by atoms with Crippen LogP contribution in [-0.2, 0) is 0 Å². The molecule has 21 heavy (non-hydrogen) atoms. The average Bonchev–Trinajstić information content (AvgIpc) is 2.86. The maximum absolute atomic E-state index is 5.91. The molecule has 4 N–H and O–H groups in total. The fraction of sp³-hybridized carbons (Fsp3) is 0.0588. The lowest BCUT2D eigenvalue weighted by Gasteiger charge is -2.07. The third kappa shape index (κ3) is 2.26. The first-order valence-corrected chi connectivity index (χ1v) is 6.49. The standard InChI is InChI=1S/C17H15N3O/c1-21-15-5-3-14(4-6-15)20-11-12(8-9-18)16-7-2-13(19)10-17(16)20/h2-7,10-11H,18-19H2,1H3. The molecule has 3 rings (SSSR count). The van der Waals surface area contributed by atoms with Gasteiger partial charge in [0.15, 0.2) is 0 Å². The van der Waals surface area contributed by atoms with E-state index in [1.165, 1.54) is 0 Å². The molecule has 0 spiro atoms. The number of anilines is 1. The number of nitrogen functional groups attached to an aromatic ring is 1. The predicted molar refractivity (Wildman–Crippen MR) is 85.3 cm³/mol. The highest BCUT2D eigenvalue weighted by molar-refractivity contribution is 5.90. The van der Waals surface area contributed by atoms with E-state index in [1.54, 1.807) is 7.11 Å². The molecule has 104 valence electrons. The van der Waals surface area contributed by atoms with Gasteiger partial charge in [-0.15, -0.1) is 0 Å². The molecular formula is C17H15N3O. The van der Waals surface area contributed by atoms with Crippen LogP contribution in [0.4, 0.5) is 5.69 Å². The summed E-state index contributed by atoms with van der Waals surface area (Å²) < 4.78 is 7.23. The van der Waals surface area contributed by atoms with E-state index in [4.69, 9.17) is 16.2 Å². The van der Waals surface area contributed by atoms with Gasteiger partial charge in [0, 0.05) is 29.0 Å². The third-order valence-electron chi connectivity index (χ3n) is 3.39. The molecule has 0 bridgehead atoms. The van der Waals surface area contributed by atoms with Crippen LogP contribution in [0.25, 0.3) is 16.6 Å². The van der Waals surface area contributed by atoms with Crippen LogP contribution in [0.5, 0.6) is 5.75 Å². The summed E-state index contributed by atoms with van der Waals surface area (Å²) in [5, 5.41) is 1.03. The second-order valence-corrected chi connectivity index (χ2v) is 4.66. The predicted octanol–water partition coefficient (Wildman–Crippen LogP) is 2.49. The smallest absolute Gasteiger partial charge is 0.119 e. The van der Waals surface area contributed by atoms with Gasteiger partial charge in [-0.25, -0.2) is 0 Å². The summed E-state index contributed by atoms with van der Waals surface area (Å²) in [4.78, 5) is 0. The zero-order valence-electron chi connectivity index (χ0n) is 11.6. The lowest BCUT2D eigenvalue weighted by atomic mass is 10.1. The molecule has 0 saturated carbocycles. The lowest BCUT2D eigenvalue weighted by Crippen LogP contribution is -1.93. The molecule has 0 fully saturated rings. The quantitative estimate of drug-likeness (QED) is 0.429. The molecule has 0 unspecified atom stereocenters. The van der Waals surface area contributed by atoms with Gasteiger partial charge in [-0.1, -0.05) is 0 Å². The van der Waals surface area contributed by atoms with Crippen LogP contribution >= 0.6 is 0 Å². The summed E-state index contributed by atoms with van der Waals surface area (Å²) >= 11 is 0. The molecule has 1 aromatic heterocycles. The van der Waals surface area contributed by atoms with E-state index in [1.807, 2.05) is 53.2 Å². The van der Waals surface area contributed by atoms with Gasteiger partial charge in [0.25, 0.3) is 0 Å². The molecule has 4 nitrogen and oxygen atoms in total. The van der Waals surface area contributed by atoms with Crippen LogP contribution in [0, 0.1) is 12.0 Å². The molecule has 0 radical (unpaired) electrons. The van der Waals surface area contributed by atoms with Crippen molar-refractivity contribution in [3.63, 3.8) is 0 Å². The highest BCUT2D eigenvalue weighted by atomic mass is 16.5. The van der Waals surface area contributed by atoms with Gasteiger partial charge >= 0.3 is 0 Å². The van der Waals surface area contributed by atoms with Crippen LogP contribution in [-0.4, -0.2) is 11.7 Å². The highest BCUT2D eigenvalue weighted by Gasteiger charge is 2.09. The third-order valence-corrected chi connectivity index (χ3v) is 3.39. The Morgan fingerprint density at radius 2 is 1.86 bits per heavy atom. The van der Waals surface area contributed by atoms with E-state index in [0.717, 1.165) is 27.9 Å². The van der Waals surface area contributed by atoms with Crippen LogP contribution in [0.3, 0.4) is 0 Å². The second-order valence-electron chi connectivity index (χ2n) is 4.66. The molecule has 0 aliphatic carbocycles. The molecule has 3 aromatic rings. The number of ether oxygens (including phenoxy) is 1. The Kier molecular flexibility index (Phi) is 3.17. The van der Waals surface area contributed by atoms with Crippen molar-refractivity contribution >= 4 is 16.6 Å². The van der Waals surface area contributed by atoms with E-state index < -0.39 is 0 Å². The molecule has 1 heterocycles. The van der Waals surface area contributed by atoms with Crippen LogP contribution in [0.15, 0.2) is 48.7 Å². The van der Waals surface area contributed by atoms with Gasteiger partial charge in [-0.05, 0) is 48.4 Å². The summed E-state index contributed by atoms with van der Waals surface area (Å²) in [6.45, 7) is 0. The maximum atomic E-state index is 5.91. The molecule has 0 amide bonds. The van der Waals surface area contributed by atoms with Gasteiger partial charge in [0.2, 0.25) is 0 Å². The number of fused-ring (bicyclic) bond motifs is 1. The topological polar surface area (TPSA) is 66.2 Å². The summed E-state index contributed by atoms with van der Waals surface area (Å²) in [5.41, 5.74) is 14.9. The Balaban J connectivity index is 2.24. The summed E-state index contributed by atoms with van der Waals surface area (Å²) in [5.74, 6) is 3.74. The molecule has 2 aromatic carbocycles. The number of benzene rings is 2. The van der Waals surface area contributed by atoms with E-state index in [-0.39, 0.29) is 0 Å². The fourth-order valence-electron chi connectivity index (χ4n) is 2.38. The summed E-state index contributed by atoms with van der Waals surface area (Å²) in [6.07, 6.45) is 1.96. The van der Waals surface area contributed by atoms with Crippen molar-refractivity contribution in [1.82, 2.24) is 4.57 Å². The van der Waals surface area contributed by atoms with Crippen LogP contribution < -0.4 is 16.2 Å². The van der Waals surface area contributed by atoms with Crippen molar-refractivity contribution in [2.75, 3.05) is 12.8 Å². The van der Waals surface area contributed by atoms with Gasteiger partial charge in [-0.2, -0.15) is 0 Å². The largest absolute Gasteiger partial charge is 0.497 e. The van der Waals surface area contributed by atoms with Gasteiger partial charge in [0.1, 0.15) is 5.75 Å². The minimum Gasteiger partial charge on any atom is -0.497 e. The van der Waals surface area contributed by atoms with Crippen LogP contribution in [0.1, 0.15) is 5.56 Å². The first-order valence-electron chi connectivity index (χ1n) is 6.49. The summed E-state index contributed by atoms with van der Waals surface area (Å²) in [7, 11) is 1.65. The maximum Gasteiger partial charge on any atom is 0.119 e. The molecule has 0 atom stereocenters. The second kappa shape index (κ2) is 5.14. The first kappa shape index (κ1) is 12.9. The molecule has 0 saturated heterocycles. The number of aromatic nitrogens is 1. The van der Waals surface area contributed by atoms with Gasteiger partial charge < -0.3 is 20.8 Å². The average molecular weight is 277 g/mol. The van der Waals surface area contributed by atoms with Crippen molar-refractivity contribution in [2.45, 2.75) is 0 Å². The van der Waals surface area contributed by atoms with Crippen molar-refractivity contribution < 1.29 is 4.74 Å². The number of hydrogen-bond donors (Lipinski definition) is 2. The Bertz CT molecular complexity index is 851. The lowest BCUT2D eigenvalue weighted by molar-refractivity contribution is 0.415. The molecule has 0 aliphatic rings. The van der Waals surface area contributed by atoms with Gasteiger partial charge in [0.05, 0.1) is 18.2 Å². The summed E-state index contributed by atoms with van der Waals surface area (Å²) in [6, 6.07) is 16.0. The fourth-order valence-corrected chi connectivity index (χ4v) is 2.38. The Morgan fingerprint density at radius 1 is 1.10 bits per heavy atom. The van der Waals surface area contributed by atoms with E-state index in [0.29, 0.717) is 5.69 Å². The zero-order chi connectivity index (χ0) is 14.8.